The first-order valence-electron chi connectivity index (χ1n) is 9.62. The van der Waals surface area contributed by atoms with Crippen molar-refractivity contribution in [3.63, 3.8) is 0 Å². The zero-order chi connectivity index (χ0) is 21.8. The van der Waals surface area contributed by atoms with Crippen LogP contribution in [0.15, 0.2) is 36.4 Å². The molecule has 0 fully saturated rings. The highest BCUT2D eigenvalue weighted by Gasteiger charge is 2.37. The minimum Gasteiger partial charge on any atom is -0.450 e. The number of hydrogen-bond donors (Lipinski definition) is 2. The zero-order valence-corrected chi connectivity index (χ0v) is 17.1. The summed E-state index contributed by atoms with van der Waals surface area (Å²) in [4.78, 5) is 50.6. The van der Waals surface area contributed by atoms with E-state index < -0.39 is 23.8 Å². The molecule has 0 unspecified atom stereocenters. The van der Waals surface area contributed by atoms with E-state index in [2.05, 4.69) is 10.6 Å². The Bertz CT molecular complexity index is 1030. The Balaban J connectivity index is 1.73. The highest BCUT2D eigenvalue weighted by atomic mass is 16.5. The number of amides is 4. The SMILES string of the molecule is CCOC(=O)NCCNC(=O)c1ccc2c(c1)C(=O)N(c1cc(C)ccc1C)C2=O. The summed E-state index contributed by atoms with van der Waals surface area (Å²) in [6, 6.07) is 9.99. The summed E-state index contributed by atoms with van der Waals surface area (Å²) >= 11 is 0. The van der Waals surface area contributed by atoms with Gasteiger partial charge in [0.2, 0.25) is 0 Å². The van der Waals surface area contributed by atoms with Crippen LogP contribution in [0.2, 0.25) is 0 Å². The molecule has 1 aliphatic heterocycles. The van der Waals surface area contributed by atoms with Gasteiger partial charge in [-0.05, 0) is 56.2 Å². The van der Waals surface area contributed by atoms with Crippen LogP contribution in [-0.4, -0.2) is 43.5 Å². The molecule has 1 heterocycles. The maximum atomic E-state index is 13.0. The van der Waals surface area contributed by atoms with E-state index in [-0.39, 0.29) is 36.4 Å². The van der Waals surface area contributed by atoms with E-state index >= 15 is 0 Å². The molecule has 0 saturated carbocycles. The molecule has 0 saturated heterocycles. The third-order valence-corrected chi connectivity index (χ3v) is 4.71. The van der Waals surface area contributed by atoms with Crippen molar-refractivity contribution in [2.24, 2.45) is 0 Å². The predicted molar refractivity (Wildman–Crippen MR) is 111 cm³/mol. The summed E-state index contributed by atoms with van der Waals surface area (Å²) in [6.07, 6.45) is -0.556. The van der Waals surface area contributed by atoms with E-state index in [1.807, 2.05) is 26.0 Å². The topological polar surface area (TPSA) is 105 Å². The second-order valence-electron chi connectivity index (χ2n) is 6.90. The van der Waals surface area contributed by atoms with Gasteiger partial charge < -0.3 is 15.4 Å². The Morgan fingerprint density at radius 3 is 2.37 bits per heavy atom. The number of carbonyl (C=O) groups excluding carboxylic acids is 4. The second-order valence-corrected chi connectivity index (χ2v) is 6.90. The van der Waals surface area contributed by atoms with E-state index in [4.69, 9.17) is 4.74 Å². The molecular formula is C22H23N3O5. The van der Waals surface area contributed by atoms with Crippen molar-refractivity contribution in [2.45, 2.75) is 20.8 Å². The molecule has 0 aliphatic carbocycles. The Morgan fingerprint density at radius 1 is 0.933 bits per heavy atom. The molecule has 4 amide bonds. The summed E-state index contributed by atoms with van der Waals surface area (Å²) in [5, 5.41) is 5.15. The lowest BCUT2D eigenvalue weighted by atomic mass is 10.1. The largest absolute Gasteiger partial charge is 0.450 e. The van der Waals surface area contributed by atoms with Crippen LogP contribution < -0.4 is 15.5 Å². The van der Waals surface area contributed by atoms with Gasteiger partial charge in [0.1, 0.15) is 0 Å². The molecular weight excluding hydrogens is 386 g/mol. The molecule has 2 N–H and O–H groups in total. The van der Waals surface area contributed by atoms with E-state index in [0.29, 0.717) is 5.69 Å². The summed E-state index contributed by atoms with van der Waals surface area (Å²) < 4.78 is 4.73. The second kappa shape index (κ2) is 8.77. The minimum atomic E-state index is -0.556. The number of benzene rings is 2. The first-order valence-corrected chi connectivity index (χ1v) is 9.62. The maximum Gasteiger partial charge on any atom is 0.407 e. The van der Waals surface area contributed by atoms with Gasteiger partial charge in [-0.15, -0.1) is 0 Å². The number of alkyl carbamates (subject to hydrolysis) is 1. The number of ether oxygens (including phenoxy) is 1. The quantitative estimate of drug-likeness (QED) is 0.564. The lowest BCUT2D eigenvalue weighted by molar-refractivity contribution is 0.0923. The first kappa shape index (κ1) is 21.0. The predicted octanol–water partition coefficient (Wildman–Crippen LogP) is 2.58. The number of nitrogens with zero attached hydrogens (tertiary/aromatic N) is 1. The molecule has 0 radical (unpaired) electrons. The van der Waals surface area contributed by atoms with Gasteiger partial charge in [0.25, 0.3) is 17.7 Å². The van der Waals surface area contributed by atoms with Gasteiger partial charge in [0.05, 0.1) is 23.4 Å². The number of carbonyl (C=O) groups is 4. The molecule has 0 spiro atoms. The molecule has 1 aliphatic rings. The number of aryl methyl sites for hydroxylation is 2. The summed E-state index contributed by atoms with van der Waals surface area (Å²) in [5.41, 5.74) is 3.00. The number of imide groups is 1. The molecule has 3 rings (SSSR count). The van der Waals surface area contributed by atoms with Crippen molar-refractivity contribution in [3.05, 3.63) is 64.2 Å². The minimum absolute atomic E-state index is 0.191. The van der Waals surface area contributed by atoms with Crippen LogP contribution in [0.4, 0.5) is 10.5 Å². The summed E-state index contributed by atoms with van der Waals surface area (Å²) in [6.45, 7) is 6.08. The molecule has 156 valence electrons. The monoisotopic (exact) mass is 409 g/mol. The fourth-order valence-electron chi connectivity index (χ4n) is 3.19. The smallest absolute Gasteiger partial charge is 0.407 e. The molecule has 0 bridgehead atoms. The molecule has 8 nitrogen and oxygen atoms in total. The number of fused-ring (bicyclic) bond motifs is 1. The van der Waals surface area contributed by atoms with Crippen molar-refractivity contribution in [1.29, 1.82) is 0 Å². The standard InChI is InChI=1S/C22H23N3O5/c1-4-30-22(29)24-10-9-23-19(26)15-7-8-16-17(12-15)21(28)25(20(16)27)18-11-13(2)5-6-14(18)3/h5-8,11-12H,4,9-10H2,1-3H3,(H,23,26)(H,24,29). The van der Waals surface area contributed by atoms with Crippen molar-refractivity contribution in [3.8, 4) is 0 Å². The average molecular weight is 409 g/mol. The number of nitrogens with one attached hydrogen (secondary N) is 2. The van der Waals surface area contributed by atoms with Crippen LogP contribution in [0.5, 0.6) is 0 Å². The first-order chi connectivity index (χ1) is 14.3. The molecule has 2 aromatic rings. The molecule has 30 heavy (non-hydrogen) atoms. The fraction of sp³-hybridized carbons (Fsp3) is 0.273. The van der Waals surface area contributed by atoms with E-state index in [1.54, 1.807) is 13.0 Å². The molecule has 0 atom stereocenters. The molecule has 0 aromatic heterocycles. The van der Waals surface area contributed by atoms with Crippen LogP contribution in [0.1, 0.15) is 49.1 Å². The highest BCUT2D eigenvalue weighted by molar-refractivity contribution is 6.35. The van der Waals surface area contributed by atoms with Gasteiger partial charge in [0, 0.05) is 18.7 Å². The van der Waals surface area contributed by atoms with Gasteiger partial charge in [0.15, 0.2) is 0 Å². The number of rotatable bonds is 6. The van der Waals surface area contributed by atoms with Crippen LogP contribution in [0.3, 0.4) is 0 Å². The van der Waals surface area contributed by atoms with Gasteiger partial charge >= 0.3 is 6.09 Å². The average Bonchev–Trinajstić information content (AvgIpc) is 2.97. The highest BCUT2D eigenvalue weighted by Crippen LogP contribution is 2.31. The Kier molecular flexibility index (Phi) is 6.15. The van der Waals surface area contributed by atoms with Crippen LogP contribution in [0, 0.1) is 13.8 Å². The van der Waals surface area contributed by atoms with Crippen LogP contribution in [-0.2, 0) is 4.74 Å². The molecule has 8 heteroatoms. The van der Waals surface area contributed by atoms with Crippen molar-refractivity contribution in [1.82, 2.24) is 10.6 Å². The Labute approximate surface area is 174 Å². The third kappa shape index (κ3) is 4.17. The maximum absolute atomic E-state index is 13.0. The molecule has 2 aromatic carbocycles. The van der Waals surface area contributed by atoms with Gasteiger partial charge in [-0.3, -0.25) is 14.4 Å². The summed E-state index contributed by atoms with van der Waals surface area (Å²) in [7, 11) is 0. The van der Waals surface area contributed by atoms with E-state index in [0.717, 1.165) is 16.0 Å². The van der Waals surface area contributed by atoms with Crippen molar-refractivity contribution in [2.75, 3.05) is 24.6 Å². The third-order valence-electron chi connectivity index (χ3n) is 4.71. The fourth-order valence-corrected chi connectivity index (χ4v) is 3.19. The van der Waals surface area contributed by atoms with Crippen LogP contribution in [0.25, 0.3) is 0 Å². The van der Waals surface area contributed by atoms with Gasteiger partial charge in [-0.25, -0.2) is 9.69 Å². The number of anilines is 1. The lowest BCUT2D eigenvalue weighted by Gasteiger charge is -2.17. The van der Waals surface area contributed by atoms with E-state index in [9.17, 15) is 19.2 Å². The van der Waals surface area contributed by atoms with Crippen LogP contribution >= 0.6 is 0 Å². The van der Waals surface area contributed by atoms with Gasteiger partial charge in [-0.1, -0.05) is 12.1 Å². The van der Waals surface area contributed by atoms with Crippen molar-refractivity contribution >= 4 is 29.5 Å². The lowest BCUT2D eigenvalue weighted by Crippen LogP contribution is -2.35. The van der Waals surface area contributed by atoms with Crippen molar-refractivity contribution < 1.29 is 23.9 Å². The normalized spacial score (nSPS) is 12.6. The summed E-state index contributed by atoms with van der Waals surface area (Å²) in [5.74, 6) is -1.27. The zero-order valence-electron chi connectivity index (χ0n) is 17.1. The Hall–Kier alpha value is -3.68. The van der Waals surface area contributed by atoms with Gasteiger partial charge in [-0.2, -0.15) is 0 Å². The van der Waals surface area contributed by atoms with E-state index in [1.165, 1.54) is 18.2 Å². The Morgan fingerprint density at radius 2 is 1.63 bits per heavy atom. The number of hydrogen-bond acceptors (Lipinski definition) is 5.